The quantitative estimate of drug-likeness (QED) is 0.517. The zero-order chi connectivity index (χ0) is 20.0. The summed E-state index contributed by atoms with van der Waals surface area (Å²) in [5.41, 5.74) is 3.39. The van der Waals surface area contributed by atoms with Crippen LogP contribution in [0, 0.1) is 5.82 Å². The maximum atomic E-state index is 13.2. The lowest BCUT2D eigenvalue weighted by atomic mass is 10.1. The van der Waals surface area contributed by atoms with Crippen molar-refractivity contribution >= 4 is 11.4 Å². The predicted molar refractivity (Wildman–Crippen MR) is 110 cm³/mol. The van der Waals surface area contributed by atoms with Gasteiger partial charge in [0.25, 0.3) is 5.91 Å². The highest BCUT2D eigenvalue weighted by Gasteiger charge is 2.27. The third-order valence-corrected chi connectivity index (χ3v) is 5.66. The summed E-state index contributed by atoms with van der Waals surface area (Å²) in [6.07, 6.45) is 5.91. The third-order valence-electron chi connectivity index (χ3n) is 5.66. The van der Waals surface area contributed by atoms with Crippen molar-refractivity contribution < 1.29 is 9.18 Å². The number of rotatable bonds is 3. The van der Waals surface area contributed by atoms with Gasteiger partial charge in [0.15, 0.2) is 5.69 Å². The number of carbonyl (C=O) groups excluding carboxylic acids is 1. The number of pyridine rings is 1. The highest BCUT2D eigenvalue weighted by Crippen LogP contribution is 2.24. The molecule has 1 amide bonds. The van der Waals surface area contributed by atoms with E-state index in [1.165, 1.54) is 12.1 Å². The zero-order valence-electron chi connectivity index (χ0n) is 16.1. The molecule has 4 aromatic rings. The first kappa shape index (κ1) is 17.7. The molecule has 146 valence electrons. The maximum absolute atomic E-state index is 13.2. The van der Waals surface area contributed by atoms with E-state index in [2.05, 4.69) is 12.0 Å². The minimum Gasteiger partial charge on any atom is -0.335 e. The number of carbonyl (C=O) groups is 1. The molecule has 1 aliphatic rings. The van der Waals surface area contributed by atoms with Crippen LogP contribution in [0.3, 0.4) is 0 Å². The number of likely N-dealkylation sites (tertiary alicyclic amines) is 1. The van der Waals surface area contributed by atoms with Crippen LogP contribution in [0.25, 0.3) is 22.5 Å². The molecule has 0 saturated carbocycles. The first-order valence-electron chi connectivity index (χ1n) is 9.84. The molecule has 1 saturated heterocycles. The van der Waals surface area contributed by atoms with Crippen molar-refractivity contribution in [1.82, 2.24) is 19.1 Å². The molecule has 3 aromatic heterocycles. The second kappa shape index (κ2) is 6.88. The van der Waals surface area contributed by atoms with Crippen LogP contribution in [0.15, 0.2) is 67.0 Å². The van der Waals surface area contributed by atoms with Gasteiger partial charge in [0.1, 0.15) is 11.6 Å². The van der Waals surface area contributed by atoms with E-state index >= 15 is 0 Å². The second-order valence-electron chi connectivity index (χ2n) is 7.55. The summed E-state index contributed by atoms with van der Waals surface area (Å²) in [5, 5.41) is 4.55. The van der Waals surface area contributed by atoms with Crippen LogP contribution < -0.4 is 0 Å². The van der Waals surface area contributed by atoms with Crippen LogP contribution in [0.2, 0.25) is 0 Å². The molecular formula is C23H21FN4O. The molecular weight excluding hydrogens is 367 g/mol. The fraction of sp³-hybridized carbons (Fsp3) is 0.217. The Morgan fingerprint density at radius 3 is 2.55 bits per heavy atom. The fourth-order valence-electron chi connectivity index (χ4n) is 4.03. The smallest absolute Gasteiger partial charge is 0.274 e. The molecule has 0 bridgehead atoms. The molecule has 5 rings (SSSR count). The number of benzene rings is 1. The molecule has 0 spiro atoms. The van der Waals surface area contributed by atoms with Crippen molar-refractivity contribution in [3.05, 3.63) is 78.5 Å². The average Bonchev–Trinajstić information content (AvgIpc) is 3.46. The number of halogens is 1. The molecule has 1 atom stereocenters. The number of hydrogen-bond donors (Lipinski definition) is 0. The van der Waals surface area contributed by atoms with Gasteiger partial charge in [-0.2, -0.15) is 5.10 Å². The summed E-state index contributed by atoms with van der Waals surface area (Å²) in [6, 6.07) is 16.5. The molecule has 1 aliphatic heterocycles. The minimum absolute atomic E-state index is 0.0124. The number of fused-ring (bicyclic) bond motifs is 1. The molecule has 1 aromatic carbocycles. The van der Waals surface area contributed by atoms with E-state index in [9.17, 15) is 9.18 Å². The zero-order valence-corrected chi connectivity index (χ0v) is 16.1. The monoisotopic (exact) mass is 388 g/mol. The van der Waals surface area contributed by atoms with E-state index in [0.29, 0.717) is 5.69 Å². The molecule has 4 heterocycles. The Morgan fingerprint density at radius 2 is 1.79 bits per heavy atom. The minimum atomic E-state index is -0.252. The van der Waals surface area contributed by atoms with E-state index in [4.69, 9.17) is 0 Å². The molecule has 1 fully saturated rings. The number of aromatic nitrogens is 3. The van der Waals surface area contributed by atoms with Crippen molar-refractivity contribution in [3.63, 3.8) is 0 Å². The van der Waals surface area contributed by atoms with Gasteiger partial charge in [-0.1, -0.05) is 18.2 Å². The fourth-order valence-corrected chi connectivity index (χ4v) is 4.03. The highest BCUT2D eigenvalue weighted by molar-refractivity contribution is 5.92. The van der Waals surface area contributed by atoms with Gasteiger partial charge in [-0.3, -0.25) is 4.79 Å². The number of hydrogen-bond acceptors (Lipinski definition) is 2. The second-order valence-corrected chi connectivity index (χ2v) is 7.55. The lowest BCUT2D eigenvalue weighted by molar-refractivity contribution is 0.0741. The Labute approximate surface area is 168 Å². The summed E-state index contributed by atoms with van der Waals surface area (Å²) in [4.78, 5) is 14.7. The van der Waals surface area contributed by atoms with E-state index in [-0.39, 0.29) is 17.8 Å². The summed E-state index contributed by atoms with van der Waals surface area (Å²) < 4.78 is 17.0. The summed E-state index contributed by atoms with van der Waals surface area (Å²) >= 11 is 0. The van der Waals surface area contributed by atoms with E-state index in [1.807, 2.05) is 46.0 Å². The van der Waals surface area contributed by atoms with Gasteiger partial charge in [-0.15, -0.1) is 0 Å². The molecule has 0 radical (unpaired) electrons. The molecule has 6 heteroatoms. The van der Waals surface area contributed by atoms with Crippen LogP contribution in [0.4, 0.5) is 4.39 Å². The number of amides is 1. The topological polar surface area (TPSA) is 42.5 Å². The van der Waals surface area contributed by atoms with E-state index in [1.54, 1.807) is 22.9 Å². The van der Waals surface area contributed by atoms with Crippen LogP contribution in [0.1, 0.15) is 30.3 Å². The standard InChI is InChI=1S/C23H21FN4O/c1-16-3-2-13-26(16)23(29)21-12-14-28(25-21)22-11-10-20-9-6-18(15-27(20)22)17-4-7-19(24)8-5-17/h4-12,14-16H,2-3,13H2,1H3/t16-/m0/s1. The Kier molecular flexibility index (Phi) is 4.19. The molecule has 5 nitrogen and oxygen atoms in total. The molecule has 29 heavy (non-hydrogen) atoms. The van der Waals surface area contributed by atoms with Gasteiger partial charge < -0.3 is 9.30 Å². The third kappa shape index (κ3) is 3.10. The van der Waals surface area contributed by atoms with Gasteiger partial charge in [0, 0.05) is 30.5 Å². The van der Waals surface area contributed by atoms with Gasteiger partial charge in [-0.05, 0) is 67.3 Å². The van der Waals surface area contributed by atoms with Crippen LogP contribution in [0.5, 0.6) is 0 Å². The highest BCUT2D eigenvalue weighted by atomic mass is 19.1. The van der Waals surface area contributed by atoms with Gasteiger partial charge in [-0.25, -0.2) is 9.07 Å². The normalized spacial score (nSPS) is 16.6. The Morgan fingerprint density at radius 1 is 1.03 bits per heavy atom. The van der Waals surface area contributed by atoms with Gasteiger partial charge in [0.05, 0.1) is 0 Å². The first-order valence-corrected chi connectivity index (χ1v) is 9.84. The summed E-state index contributed by atoms with van der Waals surface area (Å²) in [6.45, 7) is 2.88. The van der Waals surface area contributed by atoms with Gasteiger partial charge >= 0.3 is 0 Å². The number of nitrogens with zero attached hydrogens (tertiary/aromatic N) is 4. The van der Waals surface area contributed by atoms with Crippen LogP contribution in [-0.2, 0) is 0 Å². The largest absolute Gasteiger partial charge is 0.335 e. The average molecular weight is 388 g/mol. The van der Waals surface area contributed by atoms with E-state index < -0.39 is 0 Å². The first-order chi connectivity index (χ1) is 14.1. The van der Waals surface area contributed by atoms with Crippen LogP contribution >= 0.6 is 0 Å². The molecule has 0 aliphatic carbocycles. The lowest BCUT2D eigenvalue weighted by Crippen LogP contribution is -2.33. The maximum Gasteiger partial charge on any atom is 0.274 e. The van der Waals surface area contributed by atoms with Crippen molar-refractivity contribution in [2.45, 2.75) is 25.8 Å². The Hall–Kier alpha value is -3.41. The van der Waals surface area contributed by atoms with Gasteiger partial charge in [0.2, 0.25) is 0 Å². The molecule has 0 unspecified atom stereocenters. The van der Waals surface area contributed by atoms with Crippen molar-refractivity contribution in [3.8, 4) is 16.9 Å². The van der Waals surface area contributed by atoms with E-state index in [0.717, 1.165) is 41.8 Å². The summed E-state index contributed by atoms with van der Waals surface area (Å²) in [7, 11) is 0. The Balaban J connectivity index is 1.50. The van der Waals surface area contributed by atoms with Crippen molar-refractivity contribution in [2.75, 3.05) is 6.54 Å². The Bertz CT molecular complexity index is 1190. The van der Waals surface area contributed by atoms with Crippen molar-refractivity contribution in [1.29, 1.82) is 0 Å². The summed E-state index contributed by atoms with van der Waals surface area (Å²) in [5.74, 6) is 0.580. The molecule has 0 N–H and O–H groups in total. The SMILES string of the molecule is C[C@H]1CCCN1C(=O)c1ccn(-c2ccc3ccc(-c4ccc(F)cc4)cn23)n1. The predicted octanol–water partition coefficient (Wildman–Crippen LogP) is 4.56. The van der Waals surface area contributed by atoms with Crippen LogP contribution in [-0.4, -0.2) is 37.6 Å². The lowest BCUT2D eigenvalue weighted by Gasteiger charge is -2.19. The van der Waals surface area contributed by atoms with Crippen molar-refractivity contribution in [2.24, 2.45) is 0 Å².